The maximum absolute atomic E-state index is 12.7. The van der Waals surface area contributed by atoms with Crippen LogP contribution in [-0.4, -0.2) is 36.4 Å². The molecule has 2 aromatic heterocycles. The number of pyridine rings is 1. The van der Waals surface area contributed by atoms with Gasteiger partial charge in [-0.3, -0.25) is 14.4 Å². The number of hydrogen-bond donors (Lipinski definition) is 3. The number of aromatic nitrogens is 1. The summed E-state index contributed by atoms with van der Waals surface area (Å²) >= 11 is 1.47. The number of amides is 3. The quantitative estimate of drug-likeness (QED) is 0.291. The maximum atomic E-state index is 12.7. The van der Waals surface area contributed by atoms with Crippen LogP contribution >= 0.6 is 11.3 Å². The first-order chi connectivity index (χ1) is 17.5. The van der Waals surface area contributed by atoms with Crippen molar-refractivity contribution in [1.82, 2.24) is 10.3 Å². The fraction of sp³-hybridized carbons (Fsp3) is 0.111. The van der Waals surface area contributed by atoms with Crippen molar-refractivity contribution in [3.05, 3.63) is 89.3 Å². The molecule has 36 heavy (non-hydrogen) atoms. The highest BCUT2D eigenvalue weighted by molar-refractivity contribution is 7.08. The lowest BCUT2D eigenvalue weighted by atomic mass is 10.00. The molecule has 0 aliphatic carbocycles. The number of methoxy groups -OCH3 is 1. The zero-order chi connectivity index (χ0) is 25.5. The second-order valence-corrected chi connectivity index (χ2v) is 8.59. The number of benzene rings is 2. The first-order valence-corrected chi connectivity index (χ1v) is 12.0. The highest BCUT2D eigenvalue weighted by Gasteiger charge is 2.14. The van der Waals surface area contributed by atoms with Crippen LogP contribution in [0.3, 0.4) is 0 Å². The van der Waals surface area contributed by atoms with Gasteiger partial charge in [-0.2, -0.15) is 11.3 Å². The zero-order valence-corrected chi connectivity index (χ0v) is 20.4. The Bertz CT molecular complexity index is 1430. The van der Waals surface area contributed by atoms with E-state index in [2.05, 4.69) is 27.5 Å². The molecule has 4 rings (SSSR count). The molecule has 2 aromatic carbocycles. The number of carbonyl (C=O) groups excluding carboxylic acids is 3. The van der Waals surface area contributed by atoms with Crippen LogP contribution in [0.15, 0.2) is 78.0 Å². The number of thiophene rings is 1. The molecule has 0 radical (unpaired) electrons. The molecule has 0 atom stereocenters. The molecule has 0 bridgehead atoms. The molecule has 0 saturated heterocycles. The number of hydrogen-bond acceptors (Lipinski definition) is 6. The summed E-state index contributed by atoms with van der Waals surface area (Å²) in [5.41, 5.74) is 3.66. The third-order valence-corrected chi connectivity index (χ3v) is 6.02. The van der Waals surface area contributed by atoms with Crippen molar-refractivity contribution in [3.63, 3.8) is 0 Å². The van der Waals surface area contributed by atoms with E-state index in [1.165, 1.54) is 17.4 Å². The molecule has 3 amide bonds. The lowest BCUT2D eigenvalue weighted by molar-refractivity contribution is -0.115. The molecule has 0 unspecified atom stereocenters. The van der Waals surface area contributed by atoms with Crippen molar-refractivity contribution < 1.29 is 19.1 Å². The normalized spacial score (nSPS) is 10.6. The SMILES string of the molecule is C=CC(=O)Nc1c(COC)ccc2ccc(-c3cccc(C(=O)NCC(=O)Nc4ccsc4)n3)cc12. The highest BCUT2D eigenvalue weighted by atomic mass is 32.1. The van der Waals surface area contributed by atoms with E-state index in [0.29, 0.717) is 23.7 Å². The second kappa shape index (κ2) is 11.4. The Morgan fingerprint density at radius 3 is 2.67 bits per heavy atom. The van der Waals surface area contributed by atoms with Crippen molar-refractivity contribution in [3.8, 4) is 11.3 Å². The monoisotopic (exact) mass is 500 g/mol. The molecule has 0 aliphatic rings. The van der Waals surface area contributed by atoms with E-state index in [-0.39, 0.29) is 24.1 Å². The van der Waals surface area contributed by atoms with E-state index in [4.69, 9.17) is 4.74 Å². The van der Waals surface area contributed by atoms with E-state index < -0.39 is 5.91 Å². The Kier molecular flexibility index (Phi) is 7.84. The third kappa shape index (κ3) is 5.83. The van der Waals surface area contributed by atoms with E-state index in [1.807, 2.05) is 35.7 Å². The molecule has 0 aliphatic heterocycles. The van der Waals surface area contributed by atoms with Crippen molar-refractivity contribution in [1.29, 1.82) is 0 Å². The van der Waals surface area contributed by atoms with Gasteiger partial charge in [0.2, 0.25) is 11.8 Å². The van der Waals surface area contributed by atoms with E-state index in [1.54, 1.807) is 36.8 Å². The van der Waals surface area contributed by atoms with Crippen molar-refractivity contribution >= 4 is 51.2 Å². The van der Waals surface area contributed by atoms with Gasteiger partial charge < -0.3 is 20.7 Å². The lowest BCUT2D eigenvalue weighted by Gasteiger charge is -2.14. The van der Waals surface area contributed by atoms with Crippen LogP contribution in [0.1, 0.15) is 16.1 Å². The summed E-state index contributed by atoms with van der Waals surface area (Å²) in [6.07, 6.45) is 1.21. The van der Waals surface area contributed by atoms with Gasteiger partial charge in [-0.15, -0.1) is 0 Å². The Labute approximate surface area is 212 Å². The predicted octanol–water partition coefficient (Wildman–Crippen LogP) is 4.60. The minimum Gasteiger partial charge on any atom is -0.380 e. The van der Waals surface area contributed by atoms with Crippen LogP contribution in [0.5, 0.6) is 0 Å². The minimum atomic E-state index is -0.459. The molecule has 8 nitrogen and oxygen atoms in total. The van der Waals surface area contributed by atoms with Crippen LogP contribution in [-0.2, 0) is 20.9 Å². The van der Waals surface area contributed by atoms with Crippen LogP contribution in [0.2, 0.25) is 0 Å². The highest BCUT2D eigenvalue weighted by Crippen LogP contribution is 2.32. The molecule has 0 spiro atoms. The summed E-state index contributed by atoms with van der Waals surface area (Å²) in [4.78, 5) is 41.3. The molecule has 4 aromatic rings. The molecule has 9 heteroatoms. The number of nitrogens with one attached hydrogen (secondary N) is 3. The summed E-state index contributed by atoms with van der Waals surface area (Å²) in [6, 6.07) is 16.5. The number of fused-ring (bicyclic) bond motifs is 1. The number of ether oxygens (including phenoxy) is 1. The average Bonchev–Trinajstić information content (AvgIpc) is 3.41. The van der Waals surface area contributed by atoms with E-state index in [0.717, 1.165) is 21.9 Å². The largest absolute Gasteiger partial charge is 0.380 e. The van der Waals surface area contributed by atoms with Gasteiger partial charge in [0.1, 0.15) is 5.69 Å². The molecule has 3 N–H and O–H groups in total. The Hall–Kier alpha value is -4.34. The molecular weight excluding hydrogens is 476 g/mol. The van der Waals surface area contributed by atoms with Crippen molar-refractivity contribution in [2.75, 3.05) is 24.3 Å². The van der Waals surface area contributed by atoms with Gasteiger partial charge in [0.05, 0.1) is 30.2 Å². The second-order valence-electron chi connectivity index (χ2n) is 7.81. The fourth-order valence-electron chi connectivity index (χ4n) is 3.64. The van der Waals surface area contributed by atoms with Gasteiger partial charge in [-0.25, -0.2) is 4.98 Å². The first-order valence-electron chi connectivity index (χ1n) is 11.0. The Balaban J connectivity index is 1.58. The van der Waals surface area contributed by atoms with Gasteiger partial charge in [-0.05, 0) is 41.1 Å². The van der Waals surface area contributed by atoms with Gasteiger partial charge >= 0.3 is 0 Å². The number of anilines is 2. The standard InChI is InChI=1S/C27H24N4O4S/c1-3-24(32)31-26-19(15-35-2)10-8-17-7-9-18(13-21(17)26)22-5-4-6-23(30-22)27(34)28-14-25(33)29-20-11-12-36-16-20/h3-13,16H,1,14-15H2,2H3,(H,28,34)(H,29,33)(H,31,32). The topological polar surface area (TPSA) is 109 Å². The van der Waals surface area contributed by atoms with Crippen molar-refractivity contribution in [2.45, 2.75) is 6.61 Å². The number of carbonyl (C=O) groups is 3. The van der Waals surface area contributed by atoms with Gasteiger partial charge in [0.15, 0.2) is 0 Å². The molecule has 2 heterocycles. The first kappa shape index (κ1) is 24.8. The third-order valence-electron chi connectivity index (χ3n) is 5.33. The van der Waals surface area contributed by atoms with E-state index in [9.17, 15) is 14.4 Å². The lowest BCUT2D eigenvalue weighted by Crippen LogP contribution is -2.33. The minimum absolute atomic E-state index is 0.175. The summed E-state index contributed by atoms with van der Waals surface area (Å²) in [5.74, 6) is -1.11. The van der Waals surface area contributed by atoms with Crippen LogP contribution in [0.4, 0.5) is 11.4 Å². The summed E-state index contributed by atoms with van der Waals surface area (Å²) in [6.45, 7) is 3.68. The number of rotatable bonds is 9. The number of nitrogens with zero attached hydrogens (tertiary/aromatic N) is 1. The van der Waals surface area contributed by atoms with Gasteiger partial charge in [0.25, 0.3) is 5.91 Å². The average molecular weight is 501 g/mol. The smallest absolute Gasteiger partial charge is 0.270 e. The molecule has 0 saturated carbocycles. The van der Waals surface area contributed by atoms with Gasteiger partial charge in [-0.1, -0.05) is 36.9 Å². The molecule has 182 valence electrons. The van der Waals surface area contributed by atoms with E-state index >= 15 is 0 Å². The molecule has 0 fully saturated rings. The zero-order valence-electron chi connectivity index (χ0n) is 19.5. The summed E-state index contributed by atoms with van der Waals surface area (Å²) in [5, 5.41) is 13.6. The Morgan fingerprint density at radius 2 is 1.92 bits per heavy atom. The maximum Gasteiger partial charge on any atom is 0.270 e. The van der Waals surface area contributed by atoms with Gasteiger partial charge in [0, 0.05) is 29.0 Å². The van der Waals surface area contributed by atoms with Crippen LogP contribution < -0.4 is 16.0 Å². The summed E-state index contributed by atoms with van der Waals surface area (Å²) < 4.78 is 5.30. The predicted molar refractivity (Wildman–Crippen MR) is 142 cm³/mol. The van der Waals surface area contributed by atoms with Crippen molar-refractivity contribution in [2.24, 2.45) is 0 Å². The molecular formula is C27H24N4O4S. The van der Waals surface area contributed by atoms with Crippen LogP contribution in [0, 0.1) is 0 Å². The van der Waals surface area contributed by atoms with Crippen LogP contribution in [0.25, 0.3) is 22.0 Å². The summed E-state index contributed by atoms with van der Waals surface area (Å²) in [7, 11) is 1.59. The Morgan fingerprint density at radius 1 is 1.08 bits per heavy atom. The fourth-order valence-corrected chi connectivity index (χ4v) is 4.22.